The van der Waals surface area contributed by atoms with E-state index in [2.05, 4.69) is 0 Å². The molecular formula is C14H14F3NO2. The van der Waals surface area contributed by atoms with Gasteiger partial charge < -0.3 is 10.0 Å². The van der Waals surface area contributed by atoms with E-state index in [0.717, 1.165) is 12.5 Å². The molecule has 0 saturated heterocycles. The highest BCUT2D eigenvalue weighted by Gasteiger charge is 2.32. The summed E-state index contributed by atoms with van der Waals surface area (Å²) in [6, 6.07) is 2.86. The molecule has 0 bridgehead atoms. The first kappa shape index (κ1) is 14.4. The Labute approximate surface area is 114 Å². The van der Waals surface area contributed by atoms with E-state index in [4.69, 9.17) is 5.11 Å². The Kier molecular flexibility index (Phi) is 3.74. The molecule has 1 aliphatic heterocycles. The molecule has 1 aromatic rings. The molecular weight excluding hydrogens is 271 g/mol. The maximum absolute atomic E-state index is 12.6. The van der Waals surface area contributed by atoms with E-state index in [-0.39, 0.29) is 5.56 Å². The lowest BCUT2D eigenvalue weighted by molar-refractivity contribution is -0.137. The van der Waals surface area contributed by atoms with Crippen LogP contribution in [-0.4, -0.2) is 24.2 Å². The fourth-order valence-corrected chi connectivity index (χ4v) is 2.15. The zero-order valence-corrected chi connectivity index (χ0v) is 10.9. The first-order chi connectivity index (χ1) is 9.29. The fourth-order valence-electron chi connectivity index (χ4n) is 2.15. The van der Waals surface area contributed by atoms with Crippen LogP contribution in [-0.2, 0) is 6.18 Å². The number of carboxylic acids is 1. The summed E-state index contributed by atoms with van der Waals surface area (Å²) in [7, 11) is 0. The van der Waals surface area contributed by atoms with E-state index < -0.39 is 17.7 Å². The number of alkyl halides is 3. The van der Waals surface area contributed by atoms with Crippen LogP contribution < -0.4 is 4.90 Å². The summed E-state index contributed by atoms with van der Waals surface area (Å²) in [5.74, 6) is -1.35. The maximum Gasteiger partial charge on any atom is 0.416 e. The van der Waals surface area contributed by atoms with Crippen molar-refractivity contribution in [3.63, 3.8) is 0 Å². The molecule has 0 aromatic heterocycles. The molecule has 0 atom stereocenters. The number of halogens is 3. The van der Waals surface area contributed by atoms with E-state index in [1.807, 2.05) is 13.0 Å². The van der Waals surface area contributed by atoms with Crippen molar-refractivity contribution in [3.8, 4) is 0 Å². The van der Waals surface area contributed by atoms with Gasteiger partial charge in [0.15, 0.2) is 0 Å². The Morgan fingerprint density at radius 3 is 2.55 bits per heavy atom. The largest absolute Gasteiger partial charge is 0.478 e. The summed E-state index contributed by atoms with van der Waals surface area (Å²) < 4.78 is 37.9. The molecule has 1 aromatic carbocycles. The third-order valence-electron chi connectivity index (χ3n) is 3.33. The van der Waals surface area contributed by atoms with Gasteiger partial charge in [-0.3, -0.25) is 0 Å². The zero-order valence-electron chi connectivity index (χ0n) is 10.9. The highest BCUT2D eigenvalue weighted by atomic mass is 19.4. The number of nitrogens with zero attached hydrogens (tertiary/aromatic N) is 1. The van der Waals surface area contributed by atoms with Crippen molar-refractivity contribution in [2.75, 3.05) is 18.0 Å². The second kappa shape index (κ2) is 5.19. The van der Waals surface area contributed by atoms with Crippen LogP contribution in [0.5, 0.6) is 0 Å². The quantitative estimate of drug-likeness (QED) is 0.845. The summed E-state index contributed by atoms with van der Waals surface area (Å²) in [5, 5.41) is 9.13. The number of aromatic carboxylic acids is 1. The van der Waals surface area contributed by atoms with Crippen LogP contribution in [0.25, 0.3) is 0 Å². The second-order valence-corrected chi connectivity index (χ2v) is 4.78. The molecule has 0 fully saturated rings. The first-order valence-corrected chi connectivity index (χ1v) is 6.14. The van der Waals surface area contributed by atoms with Gasteiger partial charge >= 0.3 is 12.1 Å². The standard InChI is InChI=1S/C14H14F3NO2/c1-9-4-6-18(7-5-9)12-3-2-10(14(15,16)17)8-11(12)13(19)20/h2-4,8H,5-7H2,1H3,(H,19,20). The molecule has 1 N–H and O–H groups in total. The van der Waals surface area contributed by atoms with Crippen LogP contribution in [0.3, 0.4) is 0 Å². The van der Waals surface area contributed by atoms with Crippen LogP contribution in [0, 0.1) is 0 Å². The molecule has 0 saturated carbocycles. The number of carboxylic acid groups (broad SMARTS) is 1. The summed E-state index contributed by atoms with van der Waals surface area (Å²) in [5.41, 5.74) is 0.273. The van der Waals surface area contributed by atoms with E-state index in [1.54, 1.807) is 4.90 Å². The molecule has 6 heteroatoms. The molecule has 0 radical (unpaired) electrons. The van der Waals surface area contributed by atoms with Gasteiger partial charge in [0, 0.05) is 13.1 Å². The number of hydrogen-bond donors (Lipinski definition) is 1. The average molecular weight is 285 g/mol. The van der Waals surface area contributed by atoms with Gasteiger partial charge in [-0.15, -0.1) is 0 Å². The number of carbonyl (C=O) groups is 1. The van der Waals surface area contributed by atoms with E-state index in [0.29, 0.717) is 24.8 Å². The normalized spacial score (nSPS) is 16.0. The SMILES string of the molecule is CC1=CCN(c2ccc(C(F)(F)F)cc2C(=O)O)CC1. The maximum atomic E-state index is 12.6. The molecule has 3 nitrogen and oxygen atoms in total. The molecule has 108 valence electrons. The second-order valence-electron chi connectivity index (χ2n) is 4.78. The van der Waals surface area contributed by atoms with Crippen molar-refractivity contribution in [2.45, 2.75) is 19.5 Å². The lowest BCUT2D eigenvalue weighted by atomic mass is 10.0. The van der Waals surface area contributed by atoms with Crippen molar-refractivity contribution in [3.05, 3.63) is 41.0 Å². The average Bonchev–Trinajstić information content (AvgIpc) is 2.38. The molecule has 0 aliphatic carbocycles. The predicted molar refractivity (Wildman–Crippen MR) is 69.0 cm³/mol. The number of anilines is 1. The lowest BCUT2D eigenvalue weighted by Gasteiger charge is -2.29. The minimum atomic E-state index is -4.54. The molecule has 0 amide bonds. The smallest absolute Gasteiger partial charge is 0.416 e. The van der Waals surface area contributed by atoms with Gasteiger partial charge in [0.2, 0.25) is 0 Å². The highest BCUT2D eigenvalue weighted by Crippen LogP contribution is 2.33. The minimum Gasteiger partial charge on any atom is -0.478 e. The number of hydrogen-bond acceptors (Lipinski definition) is 2. The fraction of sp³-hybridized carbons (Fsp3) is 0.357. The third kappa shape index (κ3) is 2.95. The van der Waals surface area contributed by atoms with Crippen molar-refractivity contribution in [2.24, 2.45) is 0 Å². The van der Waals surface area contributed by atoms with Crippen molar-refractivity contribution in [1.82, 2.24) is 0 Å². The van der Waals surface area contributed by atoms with E-state index in [9.17, 15) is 18.0 Å². The zero-order chi connectivity index (χ0) is 14.9. The number of rotatable bonds is 2. The van der Waals surface area contributed by atoms with Crippen molar-refractivity contribution in [1.29, 1.82) is 0 Å². The van der Waals surface area contributed by atoms with Gasteiger partial charge in [0.25, 0.3) is 0 Å². The van der Waals surface area contributed by atoms with Crippen LogP contribution in [0.15, 0.2) is 29.8 Å². The Morgan fingerprint density at radius 1 is 1.35 bits per heavy atom. The number of benzene rings is 1. The highest BCUT2D eigenvalue weighted by molar-refractivity contribution is 5.94. The third-order valence-corrected chi connectivity index (χ3v) is 3.33. The molecule has 1 aliphatic rings. The Balaban J connectivity index is 2.41. The topological polar surface area (TPSA) is 40.5 Å². The van der Waals surface area contributed by atoms with E-state index in [1.165, 1.54) is 11.6 Å². The Bertz CT molecular complexity index is 564. The van der Waals surface area contributed by atoms with Gasteiger partial charge in [-0.25, -0.2) is 4.79 Å². The predicted octanol–water partition coefficient (Wildman–Crippen LogP) is 3.56. The summed E-state index contributed by atoms with van der Waals surface area (Å²) in [4.78, 5) is 13.0. The molecule has 0 unspecified atom stereocenters. The van der Waals surface area contributed by atoms with Gasteiger partial charge in [-0.1, -0.05) is 11.6 Å². The van der Waals surface area contributed by atoms with Gasteiger partial charge in [-0.2, -0.15) is 13.2 Å². The molecule has 1 heterocycles. The van der Waals surface area contributed by atoms with Crippen LogP contribution in [0.1, 0.15) is 29.3 Å². The van der Waals surface area contributed by atoms with Gasteiger partial charge in [0.1, 0.15) is 0 Å². The molecule has 20 heavy (non-hydrogen) atoms. The van der Waals surface area contributed by atoms with Crippen LogP contribution >= 0.6 is 0 Å². The molecule has 0 spiro atoms. The van der Waals surface area contributed by atoms with Crippen molar-refractivity contribution < 1.29 is 23.1 Å². The molecule has 2 rings (SSSR count). The first-order valence-electron chi connectivity index (χ1n) is 6.14. The van der Waals surface area contributed by atoms with Crippen molar-refractivity contribution >= 4 is 11.7 Å². The van der Waals surface area contributed by atoms with E-state index >= 15 is 0 Å². The Hall–Kier alpha value is -1.98. The van der Waals surface area contributed by atoms with Crippen LogP contribution in [0.2, 0.25) is 0 Å². The summed E-state index contributed by atoms with van der Waals surface area (Å²) in [6.45, 7) is 3.09. The van der Waals surface area contributed by atoms with Gasteiger partial charge in [0.05, 0.1) is 16.8 Å². The minimum absolute atomic E-state index is 0.312. The van der Waals surface area contributed by atoms with Gasteiger partial charge in [-0.05, 0) is 31.5 Å². The summed E-state index contributed by atoms with van der Waals surface area (Å²) >= 11 is 0. The Morgan fingerprint density at radius 2 is 2.05 bits per heavy atom. The monoisotopic (exact) mass is 285 g/mol. The lowest BCUT2D eigenvalue weighted by Crippen LogP contribution is -2.29. The summed E-state index contributed by atoms with van der Waals surface area (Å²) in [6.07, 6.45) is -1.81. The van der Waals surface area contributed by atoms with Crippen LogP contribution in [0.4, 0.5) is 18.9 Å².